The summed E-state index contributed by atoms with van der Waals surface area (Å²) in [6, 6.07) is 8.70. The molecule has 1 aromatic carbocycles. The van der Waals surface area contributed by atoms with Crippen LogP contribution in [0.3, 0.4) is 0 Å². The van der Waals surface area contributed by atoms with E-state index in [2.05, 4.69) is 5.32 Å². The zero-order valence-electron chi connectivity index (χ0n) is 8.71. The Morgan fingerprint density at radius 2 is 2.12 bits per heavy atom. The Morgan fingerprint density at radius 1 is 1.31 bits per heavy atom. The fraction of sp³-hybridized carbons (Fsp3) is 0.167. The number of thiophene rings is 1. The van der Waals surface area contributed by atoms with Crippen LogP contribution < -0.4 is 5.32 Å². The van der Waals surface area contributed by atoms with Crippen molar-refractivity contribution in [3.8, 4) is 0 Å². The molecule has 1 aromatic heterocycles. The highest BCUT2D eigenvalue weighted by molar-refractivity contribution is 7.10. The van der Waals surface area contributed by atoms with E-state index in [1.54, 1.807) is 23.5 Å². The van der Waals surface area contributed by atoms with Crippen molar-refractivity contribution in [3.05, 3.63) is 51.4 Å². The molecular formula is C12H11ClFNS. The topological polar surface area (TPSA) is 12.0 Å². The first-order valence-corrected chi connectivity index (χ1v) is 6.18. The molecule has 1 unspecified atom stereocenters. The van der Waals surface area contributed by atoms with Crippen molar-refractivity contribution in [3.63, 3.8) is 0 Å². The molecule has 16 heavy (non-hydrogen) atoms. The summed E-state index contributed by atoms with van der Waals surface area (Å²) in [5.41, 5.74) is 0.366. The zero-order chi connectivity index (χ0) is 11.5. The van der Waals surface area contributed by atoms with Gasteiger partial charge in [0.15, 0.2) is 0 Å². The largest absolute Gasteiger partial charge is 0.374 e. The molecule has 2 aromatic rings. The summed E-state index contributed by atoms with van der Waals surface area (Å²) in [5, 5.41) is 5.49. The van der Waals surface area contributed by atoms with Crippen LogP contribution in [0.4, 0.5) is 10.1 Å². The lowest BCUT2D eigenvalue weighted by atomic mass is 10.2. The highest BCUT2D eigenvalue weighted by Gasteiger charge is 2.11. The summed E-state index contributed by atoms with van der Waals surface area (Å²) < 4.78 is 13.5. The van der Waals surface area contributed by atoms with Crippen molar-refractivity contribution >= 4 is 28.6 Å². The monoisotopic (exact) mass is 255 g/mol. The van der Waals surface area contributed by atoms with E-state index in [0.717, 1.165) is 4.88 Å². The quantitative estimate of drug-likeness (QED) is 0.837. The van der Waals surface area contributed by atoms with E-state index in [9.17, 15) is 4.39 Å². The summed E-state index contributed by atoms with van der Waals surface area (Å²) in [6.07, 6.45) is 0. The Bertz CT molecular complexity index is 450. The maximum Gasteiger partial charge on any atom is 0.147 e. The van der Waals surface area contributed by atoms with E-state index in [0.29, 0.717) is 10.7 Å². The third kappa shape index (κ3) is 2.36. The van der Waals surface area contributed by atoms with E-state index in [1.165, 1.54) is 6.07 Å². The van der Waals surface area contributed by atoms with E-state index < -0.39 is 0 Å². The number of anilines is 1. The fourth-order valence-electron chi connectivity index (χ4n) is 1.46. The van der Waals surface area contributed by atoms with Gasteiger partial charge in [-0.2, -0.15) is 0 Å². The number of rotatable bonds is 3. The normalized spacial score (nSPS) is 12.4. The van der Waals surface area contributed by atoms with Gasteiger partial charge in [-0.1, -0.05) is 23.7 Å². The molecule has 0 aliphatic rings. The van der Waals surface area contributed by atoms with Crippen LogP contribution in [-0.2, 0) is 0 Å². The standard InChI is InChI=1S/C12H11ClFNS/c1-8(11-6-3-7-16-11)15-12-9(13)4-2-5-10(12)14/h2-8,15H,1H3. The van der Waals surface area contributed by atoms with E-state index in [4.69, 9.17) is 11.6 Å². The molecule has 0 amide bonds. The molecule has 0 aliphatic heterocycles. The molecule has 84 valence electrons. The van der Waals surface area contributed by atoms with E-state index >= 15 is 0 Å². The van der Waals surface area contributed by atoms with Gasteiger partial charge in [0.05, 0.1) is 16.8 Å². The second kappa shape index (κ2) is 4.85. The lowest BCUT2D eigenvalue weighted by Crippen LogP contribution is -2.06. The first-order chi connectivity index (χ1) is 7.68. The SMILES string of the molecule is CC(Nc1c(F)cccc1Cl)c1cccs1. The summed E-state index contributed by atoms with van der Waals surface area (Å²) in [4.78, 5) is 1.15. The van der Waals surface area contributed by atoms with E-state index in [1.807, 2.05) is 24.4 Å². The van der Waals surface area contributed by atoms with Crippen molar-refractivity contribution in [2.45, 2.75) is 13.0 Å². The molecular weight excluding hydrogens is 245 g/mol. The number of nitrogens with one attached hydrogen (secondary N) is 1. The predicted octanol–water partition coefficient (Wildman–Crippen LogP) is 4.71. The van der Waals surface area contributed by atoms with Crippen LogP contribution in [0.25, 0.3) is 0 Å². The molecule has 0 radical (unpaired) electrons. The average molecular weight is 256 g/mol. The number of halogens is 2. The number of benzene rings is 1. The van der Waals surface area contributed by atoms with Crippen molar-refractivity contribution in [2.24, 2.45) is 0 Å². The second-order valence-electron chi connectivity index (χ2n) is 3.48. The Labute approximate surface area is 103 Å². The van der Waals surface area contributed by atoms with Crippen LogP contribution in [0.15, 0.2) is 35.7 Å². The molecule has 1 heterocycles. The van der Waals surface area contributed by atoms with Crippen LogP contribution in [-0.4, -0.2) is 0 Å². The molecule has 0 bridgehead atoms. The molecule has 2 rings (SSSR count). The first-order valence-electron chi connectivity index (χ1n) is 4.92. The fourth-order valence-corrected chi connectivity index (χ4v) is 2.41. The van der Waals surface area contributed by atoms with Gasteiger partial charge in [0.2, 0.25) is 0 Å². The van der Waals surface area contributed by atoms with Gasteiger partial charge in [0.1, 0.15) is 5.82 Å². The number of para-hydroxylation sites is 1. The number of hydrogen-bond acceptors (Lipinski definition) is 2. The maximum absolute atomic E-state index is 13.5. The summed E-state index contributed by atoms with van der Waals surface area (Å²) in [6.45, 7) is 1.98. The third-order valence-corrected chi connectivity index (χ3v) is 3.66. The third-order valence-electron chi connectivity index (χ3n) is 2.29. The Morgan fingerprint density at radius 3 is 2.75 bits per heavy atom. The minimum absolute atomic E-state index is 0.0504. The molecule has 0 saturated heterocycles. The molecule has 0 saturated carbocycles. The molecule has 1 N–H and O–H groups in total. The maximum atomic E-state index is 13.5. The van der Waals surface area contributed by atoms with Gasteiger partial charge < -0.3 is 5.32 Å². The van der Waals surface area contributed by atoms with Crippen molar-refractivity contribution in [1.29, 1.82) is 0 Å². The molecule has 4 heteroatoms. The van der Waals surface area contributed by atoms with Gasteiger partial charge >= 0.3 is 0 Å². The van der Waals surface area contributed by atoms with Crippen molar-refractivity contribution in [2.75, 3.05) is 5.32 Å². The lowest BCUT2D eigenvalue weighted by Gasteiger charge is -2.15. The first kappa shape index (κ1) is 11.4. The molecule has 0 fully saturated rings. The van der Waals surface area contributed by atoms with Gasteiger partial charge in [-0.05, 0) is 30.5 Å². The van der Waals surface area contributed by atoms with Gasteiger partial charge in [0.25, 0.3) is 0 Å². The minimum Gasteiger partial charge on any atom is -0.374 e. The summed E-state index contributed by atoms with van der Waals surface area (Å²) in [7, 11) is 0. The minimum atomic E-state index is -0.323. The van der Waals surface area contributed by atoms with Crippen LogP contribution >= 0.6 is 22.9 Å². The van der Waals surface area contributed by atoms with Crippen LogP contribution in [0.5, 0.6) is 0 Å². The molecule has 1 atom stereocenters. The Kier molecular flexibility index (Phi) is 3.46. The lowest BCUT2D eigenvalue weighted by molar-refractivity contribution is 0.628. The van der Waals surface area contributed by atoms with Gasteiger partial charge in [-0.25, -0.2) is 4.39 Å². The van der Waals surface area contributed by atoms with Crippen LogP contribution in [0.1, 0.15) is 17.8 Å². The van der Waals surface area contributed by atoms with Gasteiger partial charge in [-0.3, -0.25) is 0 Å². The summed E-state index contributed by atoms with van der Waals surface area (Å²) >= 11 is 7.57. The number of hydrogen-bond donors (Lipinski definition) is 1. The average Bonchev–Trinajstić information content (AvgIpc) is 2.76. The van der Waals surface area contributed by atoms with Gasteiger partial charge in [0, 0.05) is 4.88 Å². The highest BCUT2D eigenvalue weighted by Crippen LogP contribution is 2.29. The Hall–Kier alpha value is -1.06. The van der Waals surface area contributed by atoms with Crippen molar-refractivity contribution < 1.29 is 4.39 Å². The zero-order valence-corrected chi connectivity index (χ0v) is 10.3. The van der Waals surface area contributed by atoms with Crippen LogP contribution in [0, 0.1) is 5.82 Å². The van der Waals surface area contributed by atoms with Crippen molar-refractivity contribution in [1.82, 2.24) is 0 Å². The molecule has 0 aliphatic carbocycles. The second-order valence-corrected chi connectivity index (χ2v) is 4.86. The van der Waals surface area contributed by atoms with Gasteiger partial charge in [-0.15, -0.1) is 11.3 Å². The van der Waals surface area contributed by atoms with Crippen LogP contribution in [0.2, 0.25) is 5.02 Å². The summed E-state index contributed by atoms with van der Waals surface area (Å²) in [5.74, 6) is -0.323. The smallest absolute Gasteiger partial charge is 0.147 e. The Balaban J connectivity index is 2.21. The van der Waals surface area contributed by atoms with E-state index in [-0.39, 0.29) is 11.9 Å². The predicted molar refractivity (Wildman–Crippen MR) is 67.8 cm³/mol. The molecule has 1 nitrogen and oxygen atoms in total. The molecule has 0 spiro atoms. The highest BCUT2D eigenvalue weighted by atomic mass is 35.5.